The summed E-state index contributed by atoms with van der Waals surface area (Å²) in [7, 11) is 0. The number of nitrogens with one attached hydrogen (secondary N) is 2. The summed E-state index contributed by atoms with van der Waals surface area (Å²) in [6, 6.07) is 8.07. The standard InChI is InChI=1S/C16H24N2O/c1-13-6-3-4-7-14(13)10-15(19)18-12-16(2)8-5-9-17-11-16/h3-4,6-7,17H,5,8-12H2,1-2H3,(H,18,19). The van der Waals surface area contributed by atoms with Gasteiger partial charge < -0.3 is 10.6 Å². The van der Waals surface area contributed by atoms with E-state index < -0.39 is 0 Å². The van der Waals surface area contributed by atoms with Gasteiger partial charge in [-0.2, -0.15) is 0 Å². The quantitative estimate of drug-likeness (QED) is 0.870. The van der Waals surface area contributed by atoms with Gasteiger partial charge in [-0.25, -0.2) is 0 Å². The van der Waals surface area contributed by atoms with E-state index in [4.69, 9.17) is 0 Å². The smallest absolute Gasteiger partial charge is 0.224 e. The van der Waals surface area contributed by atoms with E-state index in [-0.39, 0.29) is 11.3 Å². The fourth-order valence-corrected chi connectivity index (χ4v) is 2.63. The molecule has 104 valence electrons. The van der Waals surface area contributed by atoms with Gasteiger partial charge in [0.25, 0.3) is 0 Å². The molecule has 1 atom stereocenters. The minimum Gasteiger partial charge on any atom is -0.355 e. The molecule has 1 amide bonds. The minimum atomic E-state index is 0.126. The lowest BCUT2D eigenvalue weighted by Gasteiger charge is -2.34. The highest BCUT2D eigenvalue weighted by molar-refractivity contribution is 5.78. The molecule has 19 heavy (non-hydrogen) atoms. The van der Waals surface area contributed by atoms with E-state index in [1.807, 2.05) is 18.2 Å². The van der Waals surface area contributed by atoms with E-state index >= 15 is 0 Å². The Morgan fingerprint density at radius 3 is 2.89 bits per heavy atom. The number of amides is 1. The summed E-state index contributed by atoms with van der Waals surface area (Å²) in [6.07, 6.45) is 2.87. The van der Waals surface area contributed by atoms with Crippen molar-refractivity contribution in [3.8, 4) is 0 Å². The normalized spacial score (nSPS) is 23.1. The summed E-state index contributed by atoms with van der Waals surface area (Å²) in [5.74, 6) is 0.126. The molecule has 2 N–H and O–H groups in total. The van der Waals surface area contributed by atoms with E-state index in [1.54, 1.807) is 0 Å². The van der Waals surface area contributed by atoms with E-state index in [1.165, 1.54) is 18.4 Å². The lowest BCUT2D eigenvalue weighted by atomic mass is 9.83. The molecule has 0 spiro atoms. The zero-order valence-corrected chi connectivity index (χ0v) is 12.0. The Labute approximate surface area is 115 Å². The number of rotatable bonds is 4. The third-order valence-corrected chi connectivity index (χ3v) is 4.01. The fraction of sp³-hybridized carbons (Fsp3) is 0.562. The van der Waals surface area contributed by atoms with E-state index in [0.29, 0.717) is 6.42 Å². The molecule has 1 saturated heterocycles. The summed E-state index contributed by atoms with van der Waals surface area (Å²) in [4.78, 5) is 12.0. The number of hydrogen-bond acceptors (Lipinski definition) is 2. The number of hydrogen-bond donors (Lipinski definition) is 2. The highest BCUT2D eigenvalue weighted by atomic mass is 16.1. The molecule has 1 aliphatic rings. The van der Waals surface area contributed by atoms with Gasteiger partial charge in [-0.3, -0.25) is 4.79 Å². The van der Waals surface area contributed by atoms with Crippen molar-refractivity contribution in [1.29, 1.82) is 0 Å². The fourth-order valence-electron chi connectivity index (χ4n) is 2.63. The van der Waals surface area contributed by atoms with E-state index in [9.17, 15) is 4.79 Å². The highest BCUT2D eigenvalue weighted by Gasteiger charge is 2.26. The minimum absolute atomic E-state index is 0.126. The summed E-state index contributed by atoms with van der Waals surface area (Å²) in [5, 5.41) is 6.50. The molecular weight excluding hydrogens is 236 g/mol. The van der Waals surface area contributed by atoms with Crippen molar-refractivity contribution in [2.75, 3.05) is 19.6 Å². The molecule has 3 nitrogen and oxygen atoms in total. The van der Waals surface area contributed by atoms with Gasteiger partial charge in [-0.15, -0.1) is 0 Å². The third-order valence-electron chi connectivity index (χ3n) is 4.01. The predicted octanol–water partition coefficient (Wildman–Crippen LogP) is 2.04. The van der Waals surface area contributed by atoms with Crippen LogP contribution < -0.4 is 10.6 Å². The topological polar surface area (TPSA) is 41.1 Å². The Morgan fingerprint density at radius 1 is 1.42 bits per heavy atom. The molecule has 0 aromatic heterocycles. The number of piperidine rings is 1. The van der Waals surface area contributed by atoms with Crippen LogP contribution in [0.25, 0.3) is 0 Å². The predicted molar refractivity (Wildman–Crippen MR) is 78.1 cm³/mol. The monoisotopic (exact) mass is 260 g/mol. The van der Waals surface area contributed by atoms with Crippen molar-refractivity contribution in [2.24, 2.45) is 5.41 Å². The molecular formula is C16H24N2O. The van der Waals surface area contributed by atoms with E-state index in [0.717, 1.165) is 25.2 Å². The van der Waals surface area contributed by atoms with Gasteiger partial charge >= 0.3 is 0 Å². The Bertz CT molecular complexity index is 436. The van der Waals surface area contributed by atoms with Crippen LogP contribution in [0.15, 0.2) is 24.3 Å². The van der Waals surface area contributed by atoms with Crippen molar-refractivity contribution in [2.45, 2.75) is 33.1 Å². The third kappa shape index (κ3) is 4.06. The van der Waals surface area contributed by atoms with Crippen molar-refractivity contribution < 1.29 is 4.79 Å². The Balaban J connectivity index is 1.83. The summed E-state index contributed by atoms with van der Waals surface area (Å²) in [6.45, 7) is 7.16. The zero-order chi connectivity index (χ0) is 13.7. The van der Waals surface area contributed by atoms with Crippen LogP contribution in [0, 0.1) is 12.3 Å². The lowest BCUT2D eigenvalue weighted by molar-refractivity contribution is -0.121. The van der Waals surface area contributed by atoms with Crippen LogP contribution >= 0.6 is 0 Å². The highest BCUT2D eigenvalue weighted by Crippen LogP contribution is 2.24. The second kappa shape index (κ2) is 6.20. The van der Waals surface area contributed by atoms with E-state index in [2.05, 4.69) is 30.5 Å². The Morgan fingerprint density at radius 2 is 2.21 bits per heavy atom. The van der Waals surface area contributed by atoms with Gasteiger partial charge in [0, 0.05) is 13.1 Å². The van der Waals surface area contributed by atoms with Crippen LogP contribution in [-0.4, -0.2) is 25.5 Å². The number of benzene rings is 1. The maximum atomic E-state index is 12.0. The maximum Gasteiger partial charge on any atom is 0.224 e. The van der Waals surface area contributed by atoms with Crippen LogP contribution in [0.5, 0.6) is 0 Å². The first kappa shape index (κ1) is 14.1. The molecule has 0 bridgehead atoms. The van der Waals surface area contributed by atoms with Crippen LogP contribution in [0.1, 0.15) is 30.9 Å². The SMILES string of the molecule is Cc1ccccc1CC(=O)NCC1(C)CCCNC1. The second-order valence-corrected chi connectivity index (χ2v) is 5.97. The number of carbonyl (C=O) groups is 1. The van der Waals surface area contributed by atoms with Crippen LogP contribution in [0.3, 0.4) is 0 Å². The molecule has 1 aromatic carbocycles. The average Bonchev–Trinajstić information content (AvgIpc) is 2.40. The molecule has 1 fully saturated rings. The molecule has 0 aliphatic carbocycles. The molecule has 1 heterocycles. The zero-order valence-electron chi connectivity index (χ0n) is 12.0. The first-order valence-electron chi connectivity index (χ1n) is 7.11. The Hall–Kier alpha value is -1.35. The Kier molecular flexibility index (Phi) is 4.59. The first-order valence-corrected chi connectivity index (χ1v) is 7.11. The summed E-state index contributed by atoms with van der Waals surface area (Å²) < 4.78 is 0. The average molecular weight is 260 g/mol. The molecule has 1 aromatic rings. The lowest BCUT2D eigenvalue weighted by Crippen LogP contribution is -2.46. The largest absolute Gasteiger partial charge is 0.355 e. The number of carbonyl (C=O) groups excluding carboxylic acids is 1. The maximum absolute atomic E-state index is 12.0. The molecule has 3 heteroatoms. The van der Waals surface area contributed by atoms with Gasteiger partial charge in [-0.1, -0.05) is 31.2 Å². The second-order valence-electron chi connectivity index (χ2n) is 5.97. The van der Waals surface area contributed by atoms with Gasteiger partial charge in [0.05, 0.1) is 6.42 Å². The van der Waals surface area contributed by atoms with Crippen molar-refractivity contribution in [3.05, 3.63) is 35.4 Å². The van der Waals surface area contributed by atoms with Crippen LogP contribution in [0.2, 0.25) is 0 Å². The first-order chi connectivity index (χ1) is 9.09. The summed E-state index contributed by atoms with van der Waals surface area (Å²) in [5.41, 5.74) is 2.51. The van der Waals surface area contributed by atoms with Crippen molar-refractivity contribution in [3.63, 3.8) is 0 Å². The molecule has 2 rings (SSSR count). The molecule has 0 radical (unpaired) electrons. The molecule has 0 saturated carbocycles. The van der Waals surface area contributed by atoms with Crippen LogP contribution in [-0.2, 0) is 11.2 Å². The number of aryl methyl sites for hydroxylation is 1. The van der Waals surface area contributed by atoms with Gasteiger partial charge in [0.2, 0.25) is 5.91 Å². The van der Waals surface area contributed by atoms with Gasteiger partial charge in [0.15, 0.2) is 0 Å². The van der Waals surface area contributed by atoms with Crippen molar-refractivity contribution in [1.82, 2.24) is 10.6 Å². The van der Waals surface area contributed by atoms with Gasteiger partial charge in [-0.05, 0) is 42.9 Å². The summed E-state index contributed by atoms with van der Waals surface area (Å²) >= 11 is 0. The van der Waals surface area contributed by atoms with Crippen molar-refractivity contribution >= 4 is 5.91 Å². The molecule has 1 unspecified atom stereocenters. The van der Waals surface area contributed by atoms with Crippen LogP contribution in [0.4, 0.5) is 0 Å². The van der Waals surface area contributed by atoms with Gasteiger partial charge in [0.1, 0.15) is 0 Å². The molecule has 1 aliphatic heterocycles.